The maximum absolute atomic E-state index is 11.7. The van der Waals surface area contributed by atoms with E-state index in [1.165, 1.54) is 7.11 Å². The average molecular weight is 249 g/mol. The van der Waals surface area contributed by atoms with Crippen LogP contribution in [0.1, 0.15) is 36.2 Å². The topological polar surface area (TPSA) is 55.4 Å². The van der Waals surface area contributed by atoms with Crippen molar-refractivity contribution in [1.82, 2.24) is 0 Å². The predicted octanol–water partition coefficient (Wildman–Crippen LogP) is 2.77. The van der Waals surface area contributed by atoms with Crippen LogP contribution >= 0.6 is 0 Å². The van der Waals surface area contributed by atoms with Crippen molar-refractivity contribution >= 4 is 17.6 Å². The standard InChI is InChI=1S/C14H19NO3/c1-9(2)7-13(16)15-12-6-5-10(3)8-11(12)14(17)18-4/h5-6,8-9H,7H2,1-4H3,(H,15,16). The predicted molar refractivity (Wildman–Crippen MR) is 70.6 cm³/mol. The number of hydrogen-bond donors (Lipinski definition) is 1. The molecule has 1 amide bonds. The molecule has 0 unspecified atom stereocenters. The Morgan fingerprint density at radius 2 is 2.00 bits per heavy atom. The Bertz CT molecular complexity index is 452. The van der Waals surface area contributed by atoms with E-state index in [4.69, 9.17) is 4.74 Å². The fourth-order valence-corrected chi connectivity index (χ4v) is 1.62. The van der Waals surface area contributed by atoms with E-state index in [0.29, 0.717) is 17.7 Å². The molecule has 0 spiro atoms. The minimum absolute atomic E-state index is 0.0981. The lowest BCUT2D eigenvalue weighted by Gasteiger charge is -2.11. The zero-order valence-electron chi connectivity index (χ0n) is 11.2. The molecule has 18 heavy (non-hydrogen) atoms. The number of ether oxygens (including phenoxy) is 1. The summed E-state index contributed by atoms with van der Waals surface area (Å²) in [7, 11) is 1.32. The number of rotatable bonds is 4. The maximum Gasteiger partial charge on any atom is 0.339 e. The van der Waals surface area contributed by atoms with Crippen LogP contribution in [-0.4, -0.2) is 19.0 Å². The molecule has 1 rings (SSSR count). The van der Waals surface area contributed by atoms with Gasteiger partial charge in [-0.15, -0.1) is 0 Å². The molecule has 4 nitrogen and oxygen atoms in total. The van der Waals surface area contributed by atoms with Crippen molar-refractivity contribution in [2.24, 2.45) is 5.92 Å². The normalized spacial score (nSPS) is 10.3. The Morgan fingerprint density at radius 3 is 2.56 bits per heavy atom. The van der Waals surface area contributed by atoms with E-state index < -0.39 is 5.97 Å². The molecule has 0 fully saturated rings. The van der Waals surface area contributed by atoms with Crippen LogP contribution in [0.5, 0.6) is 0 Å². The van der Waals surface area contributed by atoms with Crippen molar-refractivity contribution in [2.75, 3.05) is 12.4 Å². The van der Waals surface area contributed by atoms with E-state index in [1.54, 1.807) is 12.1 Å². The molecule has 1 aromatic rings. The number of amides is 1. The maximum atomic E-state index is 11.7. The van der Waals surface area contributed by atoms with Crippen molar-refractivity contribution in [3.63, 3.8) is 0 Å². The number of aryl methyl sites for hydroxylation is 1. The third-order valence-electron chi connectivity index (χ3n) is 2.45. The van der Waals surface area contributed by atoms with Crippen LogP contribution in [0.4, 0.5) is 5.69 Å². The highest BCUT2D eigenvalue weighted by Gasteiger charge is 2.14. The molecular formula is C14H19NO3. The van der Waals surface area contributed by atoms with Gasteiger partial charge >= 0.3 is 5.97 Å². The SMILES string of the molecule is COC(=O)c1cc(C)ccc1NC(=O)CC(C)C. The number of methoxy groups -OCH3 is 1. The van der Waals surface area contributed by atoms with Crippen LogP contribution in [0.2, 0.25) is 0 Å². The van der Waals surface area contributed by atoms with Gasteiger partial charge in [-0.3, -0.25) is 4.79 Å². The molecule has 0 aliphatic carbocycles. The van der Waals surface area contributed by atoms with Crippen LogP contribution < -0.4 is 5.32 Å². The minimum atomic E-state index is -0.446. The quantitative estimate of drug-likeness (QED) is 0.835. The number of carbonyl (C=O) groups is 2. The number of anilines is 1. The lowest BCUT2D eigenvalue weighted by atomic mass is 10.1. The van der Waals surface area contributed by atoms with E-state index in [0.717, 1.165) is 5.56 Å². The molecule has 1 aromatic carbocycles. The smallest absolute Gasteiger partial charge is 0.339 e. The first-order chi connectivity index (χ1) is 8.43. The average Bonchev–Trinajstić information content (AvgIpc) is 2.29. The Hall–Kier alpha value is -1.84. The van der Waals surface area contributed by atoms with Gasteiger partial charge < -0.3 is 10.1 Å². The lowest BCUT2D eigenvalue weighted by Crippen LogP contribution is -2.16. The third kappa shape index (κ3) is 3.87. The molecule has 0 heterocycles. The first kappa shape index (κ1) is 14.2. The molecular weight excluding hydrogens is 230 g/mol. The van der Waals surface area contributed by atoms with E-state index in [1.807, 2.05) is 26.8 Å². The van der Waals surface area contributed by atoms with Gasteiger partial charge in [0.15, 0.2) is 0 Å². The van der Waals surface area contributed by atoms with E-state index in [-0.39, 0.29) is 11.8 Å². The number of nitrogens with one attached hydrogen (secondary N) is 1. The first-order valence-electron chi connectivity index (χ1n) is 5.93. The number of hydrogen-bond acceptors (Lipinski definition) is 3. The van der Waals surface area contributed by atoms with Gasteiger partial charge in [-0.2, -0.15) is 0 Å². The molecule has 0 saturated heterocycles. The van der Waals surface area contributed by atoms with Gasteiger partial charge in [0.2, 0.25) is 5.91 Å². The first-order valence-corrected chi connectivity index (χ1v) is 5.93. The molecule has 98 valence electrons. The van der Waals surface area contributed by atoms with Gasteiger partial charge in [0.25, 0.3) is 0 Å². The number of carbonyl (C=O) groups excluding carboxylic acids is 2. The molecule has 0 bridgehead atoms. The highest BCUT2D eigenvalue weighted by Crippen LogP contribution is 2.19. The summed E-state index contributed by atoms with van der Waals surface area (Å²) >= 11 is 0. The highest BCUT2D eigenvalue weighted by molar-refractivity contribution is 6.01. The van der Waals surface area contributed by atoms with Crippen molar-refractivity contribution in [3.05, 3.63) is 29.3 Å². The van der Waals surface area contributed by atoms with Crippen molar-refractivity contribution in [2.45, 2.75) is 27.2 Å². The number of benzene rings is 1. The second-order valence-corrected chi connectivity index (χ2v) is 4.69. The summed E-state index contributed by atoms with van der Waals surface area (Å²) in [6, 6.07) is 5.27. The molecule has 4 heteroatoms. The monoisotopic (exact) mass is 249 g/mol. The largest absolute Gasteiger partial charge is 0.465 e. The fourth-order valence-electron chi connectivity index (χ4n) is 1.62. The van der Waals surface area contributed by atoms with Crippen LogP contribution in [0, 0.1) is 12.8 Å². The van der Waals surface area contributed by atoms with Gasteiger partial charge in [-0.25, -0.2) is 4.79 Å². The summed E-state index contributed by atoms with van der Waals surface area (Å²) < 4.78 is 4.70. The summed E-state index contributed by atoms with van der Waals surface area (Å²) in [5.41, 5.74) is 1.82. The van der Waals surface area contributed by atoms with Gasteiger partial charge in [0, 0.05) is 6.42 Å². The van der Waals surface area contributed by atoms with Gasteiger partial charge in [0.05, 0.1) is 18.4 Å². The summed E-state index contributed by atoms with van der Waals surface area (Å²) in [4.78, 5) is 23.3. The summed E-state index contributed by atoms with van der Waals surface area (Å²) in [5.74, 6) is -0.269. The lowest BCUT2D eigenvalue weighted by molar-refractivity contribution is -0.116. The summed E-state index contributed by atoms with van der Waals surface area (Å²) in [6.45, 7) is 5.82. The minimum Gasteiger partial charge on any atom is -0.465 e. The molecule has 1 N–H and O–H groups in total. The van der Waals surface area contributed by atoms with Gasteiger partial charge in [0.1, 0.15) is 0 Å². The van der Waals surface area contributed by atoms with E-state index in [9.17, 15) is 9.59 Å². The Kier molecular flexibility index (Phi) is 4.89. The highest BCUT2D eigenvalue weighted by atomic mass is 16.5. The summed E-state index contributed by atoms with van der Waals surface area (Å²) in [6.07, 6.45) is 0.425. The zero-order chi connectivity index (χ0) is 13.7. The fraction of sp³-hybridized carbons (Fsp3) is 0.429. The van der Waals surface area contributed by atoms with Crippen LogP contribution in [0.15, 0.2) is 18.2 Å². The second-order valence-electron chi connectivity index (χ2n) is 4.69. The third-order valence-corrected chi connectivity index (χ3v) is 2.45. The van der Waals surface area contributed by atoms with Gasteiger partial charge in [-0.1, -0.05) is 25.5 Å². The van der Waals surface area contributed by atoms with Crippen LogP contribution in [0.3, 0.4) is 0 Å². The Morgan fingerprint density at radius 1 is 1.33 bits per heavy atom. The van der Waals surface area contributed by atoms with Crippen molar-refractivity contribution in [3.8, 4) is 0 Å². The molecule has 0 aliphatic heterocycles. The molecule has 0 radical (unpaired) electrons. The van der Waals surface area contributed by atoms with Crippen LogP contribution in [0.25, 0.3) is 0 Å². The molecule has 0 saturated carbocycles. The van der Waals surface area contributed by atoms with Gasteiger partial charge in [-0.05, 0) is 25.0 Å². The summed E-state index contributed by atoms with van der Waals surface area (Å²) in [5, 5.41) is 2.74. The molecule has 0 aromatic heterocycles. The number of esters is 1. The molecule has 0 atom stereocenters. The van der Waals surface area contributed by atoms with Crippen LogP contribution in [-0.2, 0) is 9.53 Å². The zero-order valence-corrected chi connectivity index (χ0v) is 11.2. The Balaban J connectivity index is 2.94. The van der Waals surface area contributed by atoms with Crippen molar-refractivity contribution in [1.29, 1.82) is 0 Å². The van der Waals surface area contributed by atoms with E-state index in [2.05, 4.69) is 5.32 Å². The molecule has 0 aliphatic rings. The van der Waals surface area contributed by atoms with Crippen molar-refractivity contribution < 1.29 is 14.3 Å². The Labute approximate surface area is 107 Å². The van der Waals surface area contributed by atoms with E-state index >= 15 is 0 Å². The second kappa shape index (κ2) is 6.19.